The van der Waals surface area contributed by atoms with Crippen molar-refractivity contribution >= 4 is 29.2 Å². The minimum atomic E-state index is -1.62. The first-order chi connectivity index (χ1) is 26.6. The second-order valence-corrected chi connectivity index (χ2v) is 15.1. The molecule has 1 fully saturated rings. The van der Waals surface area contributed by atoms with E-state index in [0.717, 1.165) is 46.3 Å². The van der Waals surface area contributed by atoms with Crippen molar-refractivity contribution in [1.82, 2.24) is 20.2 Å². The Kier molecular flexibility index (Phi) is 11.4. The van der Waals surface area contributed by atoms with Crippen molar-refractivity contribution in [3.05, 3.63) is 129 Å². The summed E-state index contributed by atoms with van der Waals surface area (Å²) in [5, 5.41) is 32.6. The molecule has 0 radical (unpaired) electrons. The summed E-state index contributed by atoms with van der Waals surface area (Å²) in [5.41, 5.74) is 7.37. The van der Waals surface area contributed by atoms with Gasteiger partial charge in [-0.3, -0.25) is 20.0 Å². The Hall–Kier alpha value is -5.02. The number of fused-ring (bicyclic) bond motifs is 1. The van der Waals surface area contributed by atoms with Crippen LogP contribution in [0.25, 0.3) is 22.3 Å². The summed E-state index contributed by atoms with van der Waals surface area (Å²) in [4.78, 5) is 23.1. The predicted molar refractivity (Wildman–Crippen MR) is 211 cm³/mol. The number of carboxylic acid groups (broad SMARTS) is 1. The highest BCUT2D eigenvalue weighted by atomic mass is 35.5. The fourth-order valence-corrected chi connectivity index (χ4v) is 7.96. The number of halogens is 2. The van der Waals surface area contributed by atoms with Crippen molar-refractivity contribution < 1.29 is 24.5 Å². The molecule has 1 aliphatic heterocycles. The lowest BCUT2D eigenvalue weighted by Crippen LogP contribution is -2.52. The van der Waals surface area contributed by atoms with E-state index in [9.17, 15) is 20.3 Å². The Labute approximate surface area is 330 Å². The number of benzene rings is 3. The summed E-state index contributed by atoms with van der Waals surface area (Å²) < 4.78 is 12.6. The zero-order valence-electron chi connectivity index (χ0n) is 30.6. The van der Waals surface area contributed by atoms with Gasteiger partial charge in [0.05, 0.1) is 17.2 Å². The van der Waals surface area contributed by atoms with E-state index in [2.05, 4.69) is 75.8 Å². The normalized spacial score (nSPS) is 17.7. The molecule has 12 heteroatoms. The summed E-state index contributed by atoms with van der Waals surface area (Å²) in [6, 6.07) is 26.9. The van der Waals surface area contributed by atoms with Gasteiger partial charge in [0.25, 0.3) is 0 Å². The number of aliphatic hydroxyl groups is 1. The number of hydrogen-bond donors (Lipinski definition) is 3. The van der Waals surface area contributed by atoms with E-state index < -0.39 is 18.1 Å². The van der Waals surface area contributed by atoms with Crippen molar-refractivity contribution in [2.45, 2.75) is 63.4 Å². The highest BCUT2D eigenvalue weighted by Gasteiger charge is 2.33. The molecule has 7 rings (SSSR count). The van der Waals surface area contributed by atoms with Crippen molar-refractivity contribution in [1.29, 1.82) is 5.26 Å². The summed E-state index contributed by atoms with van der Waals surface area (Å²) >= 11 is 14.0. The Balaban J connectivity index is 1.15. The average molecular weight is 779 g/mol. The smallest absolute Gasteiger partial charge is 0.326 e. The van der Waals surface area contributed by atoms with Crippen molar-refractivity contribution in [3.63, 3.8) is 0 Å². The Morgan fingerprint density at radius 1 is 1.04 bits per heavy atom. The van der Waals surface area contributed by atoms with E-state index >= 15 is 0 Å². The van der Waals surface area contributed by atoms with E-state index in [0.29, 0.717) is 34.2 Å². The summed E-state index contributed by atoms with van der Waals surface area (Å²) in [6.45, 7) is 1.86. The van der Waals surface area contributed by atoms with Crippen molar-refractivity contribution in [3.8, 4) is 40.1 Å². The van der Waals surface area contributed by atoms with Gasteiger partial charge in [-0.25, -0.2) is 0 Å². The van der Waals surface area contributed by atoms with Crippen LogP contribution in [-0.4, -0.2) is 56.8 Å². The van der Waals surface area contributed by atoms with Gasteiger partial charge in [0.1, 0.15) is 29.3 Å². The zero-order valence-corrected chi connectivity index (χ0v) is 32.1. The van der Waals surface area contributed by atoms with E-state index in [4.69, 9.17) is 32.7 Å². The molecule has 5 aromatic rings. The number of nitrogens with one attached hydrogen (secondary N) is 1. The molecule has 1 aliphatic carbocycles. The minimum Gasteiger partial charge on any atom is -0.480 e. The number of nitrogens with zero attached hydrogens (tertiary/aromatic N) is 4. The maximum Gasteiger partial charge on any atom is 0.326 e. The number of carboxylic acids is 1. The molecule has 3 heterocycles. The third-order valence-electron chi connectivity index (χ3n) is 10.6. The average Bonchev–Trinajstić information content (AvgIpc) is 3.83. The van der Waals surface area contributed by atoms with Crippen LogP contribution in [0.4, 0.5) is 0 Å². The first-order valence-electron chi connectivity index (χ1n) is 18.2. The van der Waals surface area contributed by atoms with Crippen molar-refractivity contribution in [2.75, 3.05) is 20.2 Å². The topological polar surface area (TPSA) is 141 Å². The first-order valence-corrected chi connectivity index (χ1v) is 19.0. The molecule has 0 bridgehead atoms. The van der Waals surface area contributed by atoms with E-state index in [-0.39, 0.29) is 36.0 Å². The third-order valence-corrected chi connectivity index (χ3v) is 11.3. The zero-order chi connectivity index (χ0) is 38.7. The molecule has 2 aromatic heterocycles. The van der Waals surface area contributed by atoms with E-state index in [1.807, 2.05) is 18.2 Å². The number of likely N-dealkylation sites (tertiary alicyclic amines) is 1. The second kappa shape index (κ2) is 16.4. The minimum absolute atomic E-state index is 0.0250. The lowest BCUT2D eigenvalue weighted by molar-refractivity contribution is -0.145. The Morgan fingerprint density at radius 3 is 2.53 bits per heavy atom. The summed E-state index contributed by atoms with van der Waals surface area (Å²) in [6.07, 6.45) is 6.50. The fraction of sp³-hybridized carbons (Fsp3) is 0.302. The second-order valence-electron chi connectivity index (χ2n) is 14.3. The maximum atomic E-state index is 11.9. The SMILES string of the molecule is CN1CCCC1c1ccc(-c2cccc(-c3cccc4c3CC[C@@H]4Oc3nc(OCc4cncc(C#N)c4)c(CNC(C)(CO)C(=O)O)cc3Cl)c2Cl)cc1. The molecule has 0 spiro atoms. The fourth-order valence-electron chi connectivity index (χ4n) is 7.40. The molecule has 282 valence electrons. The number of aliphatic hydroxyl groups excluding tert-OH is 1. The monoisotopic (exact) mass is 777 g/mol. The number of ether oxygens (including phenoxy) is 2. The molecule has 0 saturated carbocycles. The number of nitriles is 1. The highest BCUT2D eigenvalue weighted by Crippen LogP contribution is 2.45. The quantitative estimate of drug-likeness (QED) is 0.107. The van der Waals surface area contributed by atoms with E-state index in [1.54, 1.807) is 18.3 Å². The van der Waals surface area contributed by atoms with Crippen molar-refractivity contribution in [2.24, 2.45) is 0 Å². The number of aliphatic carboxylic acids is 1. The Morgan fingerprint density at radius 2 is 1.80 bits per heavy atom. The number of pyridine rings is 2. The van der Waals surface area contributed by atoms with Crippen LogP contribution >= 0.6 is 23.2 Å². The molecule has 0 amide bonds. The van der Waals surface area contributed by atoms with Crippen LogP contribution in [0, 0.1) is 11.3 Å². The van der Waals surface area contributed by atoms with Crippen LogP contribution in [0.5, 0.6) is 11.8 Å². The lowest BCUT2D eigenvalue weighted by Gasteiger charge is -2.24. The van der Waals surface area contributed by atoms with Gasteiger partial charge in [0.2, 0.25) is 11.8 Å². The van der Waals surface area contributed by atoms with Crippen LogP contribution in [-0.2, 0) is 24.4 Å². The molecule has 3 aromatic carbocycles. The van der Waals surface area contributed by atoms with Gasteiger partial charge < -0.3 is 19.7 Å². The third kappa shape index (κ3) is 8.04. The van der Waals surface area contributed by atoms with Gasteiger partial charge in [0.15, 0.2) is 0 Å². The number of carbonyl (C=O) groups is 1. The number of hydrogen-bond acceptors (Lipinski definition) is 9. The number of aromatic nitrogens is 2. The summed E-state index contributed by atoms with van der Waals surface area (Å²) in [5.74, 6) is -0.911. The molecular weight excluding hydrogens is 737 g/mol. The van der Waals surface area contributed by atoms with Gasteiger partial charge in [-0.15, -0.1) is 0 Å². The van der Waals surface area contributed by atoms with Gasteiger partial charge in [-0.1, -0.05) is 83.9 Å². The van der Waals surface area contributed by atoms with Gasteiger partial charge in [-0.2, -0.15) is 10.2 Å². The highest BCUT2D eigenvalue weighted by molar-refractivity contribution is 6.36. The van der Waals surface area contributed by atoms with Gasteiger partial charge in [0, 0.05) is 47.2 Å². The summed E-state index contributed by atoms with van der Waals surface area (Å²) in [7, 11) is 2.19. The molecule has 55 heavy (non-hydrogen) atoms. The molecule has 2 unspecified atom stereocenters. The van der Waals surface area contributed by atoms with Gasteiger partial charge >= 0.3 is 5.97 Å². The molecule has 3 atom stereocenters. The lowest BCUT2D eigenvalue weighted by atomic mass is 9.93. The van der Waals surface area contributed by atoms with Crippen LogP contribution in [0.1, 0.15) is 71.7 Å². The molecule has 1 saturated heterocycles. The first kappa shape index (κ1) is 38.3. The standard InChI is InChI=1S/C43H41Cl2N5O5/c1-43(25-51,42(52)53)48-23-30-19-36(44)41(49-40(30)54-24-27-18-26(20-46)21-47-22-27)55-38-16-15-33-32(7-4-8-34(33)38)35-9-3-6-31(39(35)45)28-11-13-29(14-12-28)37-10-5-17-50(37)2/h3-4,6-9,11-14,18-19,21-22,37-38,48,51H,5,10,15-17,23-25H2,1-2H3,(H,52,53)/t37?,38-,43?/m0/s1. The van der Waals surface area contributed by atoms with Crippen LogP contribution in [0.3, 0.4) is 0 Å². The van der Waals surface area contributed by atoms with Gasteiger partial charge in [-0.05, 0) is 86.1 Å². The van der Waals surface area contributed by atoms with E-state index in [1.165, 1.54) is 31.5 Å². The molecular formula is C43H41Cl2N5O5. The Bertz CT molecular complexity index is 2260. The molecule has 2 aliphatic rings. The maximum absolute atomic E-state index is 11.9. The van der Waals surface area contributed by atoms with Crippen LogP contribution in [0.15, 0.2) is 85.2 Å². The largest absolute Gasteiger partial charge is 0.480 e. The number of rotatable bonds is 13. The molecule has 10 nitrogen and oxygen atoms in total. The predicted octanol–water partition coefficient (Wildman–Crippen LogP) is 8.33. The molecule has 3 N–H and O–H groups in total. The van der Waals surface area contributed by atoms with Crippen LogP contribution in [0.2, 0.25) is 10.0 Å². The van der Waals surface area contributed by atoms with Crippen LogP contribution < -0.4 is 14.8 Å².